The molecule has 2 aromatic carbocycles. The van der Waals surface area contributed by atoms with Crippen molar-refractivity contribution in [3.8, 4) is 0 Å². The van der Waals surface area contributed by atoms with E-state index in [1.54, 1.807) is 11.0 Å². The quantitative estimate of drug-likeness (QED) is 0.619. The minimum Gasteiger partial charge on any atom is -0.507 e. The second kappa shape index (κ2) is 8.41. The number of amides is 2. The van der Waals surface area contributed by atoms with Crippen LogP contribution < -0.4 is 5.32 Å². The zero-order valence-electron chi connectivity index (χ0n) is 17.8. The normalized spacial score (nSPS) is 21.5. The Bertz CT molecular complexity index is 1280. The fourth-order valence-electron chi connectivity index (χ4n) is 4.63. The molecular formula is C24H20ClF2N3O4. The molecule has 0 aliphatic carbocycles. The number of halogens is 3. The van der Waals surface area contributed by atoms with E-state index >= 15 is 0 Å². The summed E-state index contributed by atoms with van der Waals surface area (Å²) in [6.45, 7) is 0.486. The van der Waals surface area contributed by atoms with Gasteiger partial charge in [0.1, 0.15) is 23.4 Å². The van der Waals surface area contributed by atoms with E-state index in [2.05, 4.69) is 5.32 Å². The fraction of sp³-hybridized carbons (Fsp3) is 0.250. The van der Waals surface area contributed by atoms with Crippen molar-refractivity contribution < 1.29 is 28.6 Å². The zero-order valence-corrected chi connectivity index (χ0v) is 18.5. The maximum atomic E-state index is 13.9. The first kappa shape index (κ1) is 22.4. The Balaban J connectivity index is 1.48. The maximum absolute atomic E-state index is 13.9. The van der Waals surface area contributed by atoms with Gasteiger partial charge in [0.05, 0.1) is 11.6 Å². The fourth-order valence-corrected chi connectivity index (χ4v) is 4.82. The average Bonchev–Trinajstić information content (AvgIpc) is 2.96. The number of hydrogen-bond donors (Lipinski definition) is 3. The summed E-state index contributed by atoms with van der Waals surface area (Å²) in [7, 11) is 0. The van der Waals surface area contributed by atoms with Crippen LogP contribution in [0.3, 0.4) is 0 Å². The third kappa shape index (κ3) is 3.70. The van der Waals surface area contributed by atoms with Gasteiger partial charge in [0.15, 0.2) is 5.76 Å². The lowest BCUT2D eigenvalue weighted by atomic mass is 9.93. The molecule has 1 saturated heterocycles. The predicted octanol–water partition coefficient (Wildman–Crippen LogP) is 2.70. The highest BCUT2D eigenvalue weighted by Gasteiger charge is 2.45. The predicted molar refractivity (Wildman–Crippen MR) is 118 cm³/mol. The number of hydrogen-bond acceptors (Lipinski definition) is 5. The highest BCUT2D eigenvalue weighted by Crippen LogP contribution is 2.41. The molecule has 0 spiro atoms. The Hall–Kier alpha value is -3.43. The molecule has 2 amide bonds. The van der Waals surface area contributed by atoms with Crippen LogP contribution in [0.25, 0.3) is 0 Å². The molecule has 3 heterocycles. The lowest BCUT2D eigenvalue weighted by Crippen LogP contribution is -2.51. The van der Waals surface area contributed by atoms with Gasteiger partial charge in [-0.2, -0.15) is 0 Å². The second-order valence-corrected chi connectivity index (χ2v) is 8.84. The number of piperazine rings is 1. The summed E-state index contributed by atoms with van der Waals surface area (Å²) >= 11 is 6.16. The van der Waals surface area contributed by atoms with Crippen LogP contribution in [0.5, 0.6) is 0 Å². The molecule has 0 radical (unpaired) electrons. The van der Waals surface area contributed by atoms with Crippen LogP contribution in [0.15, 0.2) is 59.6 Å². The van der Waals surface area contributed by atoms with E-state index in [4.69, 9.17) is 11.6 Å². The number of carbonyl (C=O) groups excluding carboxylic acids is 2. The van der Waals surface area contributed by atoms with Crippen LogP contribution in [0.1, 0.15) is 22.7 Å². The van der Waals surface area contributed by atoms with E-state index in [9.17, 15) is 28.6 Å². The summed E-state index contributed by atoms with van der Waals surface area (Å²) < 4.78 is 27.1. The Morgan fingerprint density at radius 3 is 2.76 bits per heavy atom. The van der Waals surface area contributed by atoms with E-state index in [1.807, 2.05) is 12.1 Å². The van der Waals surface area contributed by atoms with Crippen LogP contribution in [0.2, 0.25) is 5.02 Å². The van der Waals surface area contributed by atoms with Crippen LogP contribution in [0, 0.1) is 11.6 Å². The molecule has 7 nitrogen and oxygen atoms in total. The summed E-state index contributed by atoms with van der Waals surface area (Å²) in [4.78, 5) is 29.1. The smallest absolute Gasteiger partial charge is 0.274 e. The molecule has 10 heteroatoms. The third-order valence-electron chi connectivity index (χ3n) is 6.38. The number of aliphatic hydroxyl groups excluding tert-OH is 2. The SMILES string of the molecule is O=C(NCc1ccc(F)cc1F)C1=CN2C(=C(O)C1O)C(=O)N1CCc3cc(Cl)ccc3[C@H]2C1. The number of carbonyl (C=O) groups is 2. The van der Waals surface area contributed by atoms with Crippen molar-refractivity contribution in [2.45, 2.75) is 25.1 Å². The summed E-state index contributed by atoms with van der Waals surface area (Å²) in [5.74, 6) is -3.40. The Labute approximate surface area is 198 Å². The first-order valence-corrected chi connectivity index (χ1v) is 11.0. The lowest BCUT2D eigenvalue weighted by molar-refractivity contribution is -0.133. The lowest BCUT2D eigenvalue weighted by Gasteiger charge is -2.43. The van der Waals surface area contributed by atoms with Crippen molar-refractivity contribution in [3.63, 3.8) is 0 Å². The van der Waals surface area contributed by atoms with E-state index < -0.39 is 41.4 Å². The van der Waals surface area contributed by atoms with E-state index in [-0.39, 0.29) is 23.4 Å². The second-order valence-electron chi connectivity index (χ2n) is 8.41. The minimum atomic E-state index is -1.74. The van der Waals surface area contributed by atoms with Crippen molar-refractivity contribution in [2.75, 3.05) is 13.1 Å². The molecule has 0 saturated carbocycles. The average molecular weight is 488 g/mol. The van der Waals surface area contributed by atoms with Crippen LogP contribution in [-0.4, -0.2) is 51.0 Å². The zero-order chi connectivity index (χ0) is 24.1. The molecule has 2 atom stereocenters. The largest absolute Gasteiger partial charge is 0.507 e. The summed E-state index contributed by atoms with van der Waals surface area (Å²) in [6.07, 6.45) is 0.182. The third-order valence-corrected chi connectivity index (χ3v) is 6.62. The van der Waals surface area contributed by atoms with Crippen molar-refractivity contribution in [1.29, 1.82) is 0 Å². The summed E-state index contributed by atoms with van der Waals surface area (Å²) in [5.41, 5.74) is 1.60. The molecule has 2 bridgehead atoms. The number of rotatable bonds is 3. The topological polar surface area (TPSA) is 93.1 Å². The van der Waals surface area contributed by atoms with Gasteiger partial charge in [-0.25, -0.2) is 8.78 Å². The highest BCUT2D eigenvalue weighted by atomic mass is 35.5. The van der Waals surface area contributed by atoms with E-state index in [0.29, 0.717) is 30.6 Å². The molecule has 2 aromatic rings. The Kier molecular flexibility index (Phi) is 5.53. The molecular weight excluding hydrogens is 468 g/mol. The van der Waals surface area contributed by atoms with Gasteiger partial charge in [-0.1, -0.05) is 23.7 Å². The Morgan fingerprint density at radius 2 is 2.00 bits per heavy atom. The molecule has 176 valence electrons. The van der Waals surface area contributed by atoms with Crippen molar-refractivity contribution in [3.05, 3.63) is 93.0 Å². The first-order valence-electron chi connectivity index (χ1n) is 10.7. The van der Waals surface area contributed by atoms with Gasteiger partial charge in [-0.05, 0) is 35.7 Å². The van der Waals surface area contributed by atoms with Gasteiger partial charge in [0.25, 0.3) is 11.8 Å². The standard InChI is InChI=1S/C24H20ClF2N3O4/c25-14-2-4-16-12(7-14)5-6-29-11-19(16)30-10-17(21(31)22(32)20(30)24(29)34)23(33)28-9-13-1-3-15(26)8-18(13)27/h1-4,7-8,10,19,21,31-32H,5-6,9,11H2,(H,28,33)/t19-,21?/m1/s1. The van der Waals surface area contributed by atoms with Crippen LogP contribution >= 0.6 is 11.6 Å². The number of nitrogens with zero attached hydrogens (tertiary/aromatic N) is 2. The molecule has 34 heavy (non-hydrogen) atoms. The Morgan fingerprint density at radius 1 is 1.21 bits per heavy atom. The highest BCUT2D eigenvalue weighted by molar-refractivity contribution is 6.30. The van der Waals surface area contributed by atoms with Gasteiger partial charge >= 0.3 is 0 Å². The molecule has 3 aliphatic heterocycles. The van der Waals surface area contributed by atoms with Crippen molar-refractivity contribution >= 4 is 23.4 Å². The molecule has 3 N–H and O–H groups in total. The number of nitrogens with one attached hydrogen (secondary N) is 1. The summed E-state index contributed by atoms with van der Waals surface area (Å²) in [5, 5.41) is 24.4. The first-order chi connectivity index (χ1) is 16.2. The van der Waals surface area contributed by atoms with E-state index in [1.165, 1.54) is 17.2 Å². The van der Waals surface area contributed by atoms with Gasteiger partial charge in [-0.15, -0.1) is 0 Å². The molecule has 1 unspecified atom stereocenters. The molecule has 3 aliphatic rings. The molecule has 0 aromatic heterocycles. The van der Waals surface area contributed by atoms with Gasteiger partial charge in [0.2, 0.25) is 0 Å². The van der Waals surface area contributed by atoms with Crippen LogP contribution in [-0.2, 0) is 22.6 Å². The van der Waals surface area contributed by atoms with Crippen molar-refractivity contribution in [2.24, 2.45) is 0 Å². The van der Waals surface area contributed by atoms with E-state index in [0.717, 1.165) is 17.2 Å². The van der Waals surface area contributed by atoms with Crippen LogP contribution in [0.4, 0.5) is 8.78 Å². The number of benzene rings is 2. The van der Waals surface area contributed by atoms with Gasteiger partial charge in [0, 0.05) is 42.5 Å². The molecule has 1 fully saturated rings. The monoisotopic (exact) mass is 487 g/mol. The molecule has 5 rings (SSSR count). The number of fused-ring (bicyclic) bond motifs is 6. The van der Waals surface area contributed by atoms with Gasteiger partial charge < -0.3 is 25.3 Å². The van der Waals surface area contributed by atoms with Crippen molar-refractivity contribution in [1.82, 2.24) is 15.1 Å². The summed E-state index contributed by atoms with van der Waals surface area (Å²) in [6, 6.07) is 8.00. The minimum absolute atomic E-state index is 0.0551. The maximum Gasteiger partial charge on any atom is 0.274 e. The van der Waals surface area contributed by atoms with Gasteiger partial charge in [-0.3, -0.25) is 9.59 Å². The number of aliphatic hydroxyl groups is 2.